The average Bonchev–Trinajstić information content (AvgIpc) is 2.87. The van der Waals surface area contributed by atoms with Gasteiger partial charge >= 0.3 is 5.97 Å². The summed E-state index contributed by atoms with van der Waals surface area (Å²) >= 11 is 0. The number of hydrogen-bond donors (Lipinski definition) is 1. The molecule has 0 saturated carbocycles. The van der Waals surface area contributed by atoms with Crippen molar-refractivity contribution in [3.63, 3.8) is 0 Å². The molecular formula is C17H14FNO4S. The van der Waals surface area contributed by atoms with Crippen LogP contribution in [0.2, 0.25) is 0 Å². The first kappa shape index (κ1) is 16.2. The Labute approximate surface area is 137 Å². The number of aromatic carboxylic acids is 1. The highest BCUT2D eigenvalue weighted by atomic mass is 32.2. The summed E-state index contributed by atoms with van der Waals surface area (Å²) in [5.41, 5.74) is 1.38. The van der Waals surface area contributed by atoms with E-state index in [4.69, 9.17) is 0 Å². The predicted molar refractivity (Wildman–Crippen MR) is 87.5 cm³/mol. The molecule has 2 aromatic carbocycles. The van der Waals surface area contributed by atoms with Crippen LogP contribution in [0.3, 0.4) is 0 Å². The molecule has 24 heavy (non-hydrogen) atoms. The number of benzene rings is 2. The molecule has 0 atom stereocenters. The Morgan fingerprint density at radius 2 is 1.79 bits per heavy atom. The van der Waals surface area contributed by atoms with Gasteiger partial charge in [-0.25, -0.2) is 17.6 Å². The van der Waals surface area contributed by atoms with Crippen LogP contribution in [0.4, 0.5) is 4.39 Å². The van der Waals surface area contributed by atoms with Crippen LogP contribution in [0.25, 0.3) is 10.9 Å². The van der Waals surface area contributed by atoms with Gasteiger partial charge in [-0.05, 0) is 42.0 Å². The van der Waals surface area contributed by atoms with E-state index < -0.39 is 15.8 Å². The lowest BCUT2D eigenvalue weighted by Crippen LogP contribution is -2.09. The number of carbonyl (C=O) groups is 1. The first-order valence-corrected chi connectivity index (χ1v) is 8.96. The van der Waals surface area contributed by atoms with Crippen molar-refractivity contribution >= 4 is 26.7 Å². The monoisotopic (exact) mass is 347 g/mol. The van der Waals surface area contributed by atoms with E-state index in [1.54, 1.807) is 22.8 Å². The zero-order valence-corrected chi connectivity index (χ0v) is 13.5. The van der Waals surface area contributed by atoms with Crippen LogP contribution in [-0.2, 0) is 16.4 Å². The van der Waals surface area contributed by atoms with Crippen LogP contribution in [0.15, 0.2) is 53.4 Å². The van der Waals surface area contributed by atoms with Crippen LogP contribution in [0.1, 0.15) is 16.1 Å². The van der Waals surface area contributed by atoms with Gasteiger partial charge < -0.3 is 9.67 Å². The molecule has 0 aliphatic heterocycles. The highest BCUT2D eigenvalue weighted by Gasteiger charge is 2.17. The number of sulfone groups is 1. The number of carboxylic acid groups (broad SMARTS) is 1. The summed E-state index contributed by atoms with van der Waals surface area (Å²) in [6, 6.07) is 11.7. The van der Waals surface area contributed by atoms with Crippen molar-refractivity contribution < 1.29 is 22.7 Å². The van der Waals surface area contributed by atoms with Crippen LogP contribution in [0.5, 0.6) is 0 Å². The Kier molecular flexibility index (Phi) is 3.88. The van der Waals surface area contributed by atoms with Gasteiger partial charge in [-0.1, -0.05) is 12.1 Å². The second-order valence-corrected chi connectivity index (χ2v) is 7.56. The minimum Gasteiger partial charge on any atom is -0.477 e. The van der Waals surface area contributed by atoms with E-state index in [0.29, 0.717) is 10.9 Å². The minimum atomic E-state index is -3.38. The van der Waals surface area contributed by atoms with Crippen LogP contribution >= 0.6 is 0 Å². The second-order valence-electron chi connectivity index (χ2n) is 5.54. The number of nitrogens with zero attached hydrogens (tertiary/aromatic N) is 1. The topological polar surface area (TPSA) is 76.4 Å². The molecule has 1 N–H and O–H groups in total. The van der Waals surface area contributed by atoms with Gasteiger partial charge in [0, 0.05) is 23.7 Å². The lowest BCUT2D eigenvalue weighted by atomic mass is 10.2. The summed E-state index contributed by atoms with van der Waals surface area (Å²) in [5.74, 6) is -1.48. The fraction of sp³-hybridized carbons (Fsp3) is 0.118. The summed E-state index contributed by atoms with van der Waals surface area (Å²) in [6.07, 6.45) is 1.10. The molecule has 0 fully saturated rings. The molecule has 0 bridgehead atoms. The molecule has 0 aliphatic carbocycles. The zero-order valence-electron chi connectivity index (χ0n) is 12.7. The van der Waals surface area contributed by atoms with Crippen molar-refractivity contribution in [2.45, 2.75) is 11.4 Å². The average molecular weight is 347 g/mol. The van der Waals surface area contributed by atoms with E-state index in [-0.39, 0.29) is 23.0 Å². The Morgan fingerprint density at radius 1 is 1.12 bits per heavy atom. The molecule has 3 aromatic rings. The van der Waals surface area contributed by atoms with Gasteiger partial charge in [0.05, 0.1) is 4.90 Å². The molecule has 0 saturated heterocycles. The van der Waals surface area contributed by atoms with Crippen molar-refractivity contribution in [1.82, 2.24) is 4.57 Å². The minimum absolute atomic E-state index is 0.0416. The highest BCUT2D eigenvalue weighted by molar-refractivity contribution is 7.90. The van der Waals surface area contributed by atoms with Crippen LogP contribution in [0, 0.1) is 5.82 Å². The third-order valence-corrected chi connectivity index (χ3v) is 4.88. The maximum atomic E-state index is 13.0. The molecule has 0 spiro atoms. The molecule has 5 nitrogen and oxygen atoms in total. The summed E-state index contributed by atoms with van der Waals surface area (Å²) in [7, 11) is -3.38. The van der Waals surface area contributed by atoms with E-state index in [2.05, 4.69) is 0 Å². The molecule has 0 radical (unpaired) electrons. The molecular weight excluding hydrogens is 333 g/mol. The number of rotatable bonds is 4. The van der Waals surface area contributed by atoms with E-state index in [9.17, 15) is 22.7 Å². The van der Waals surface area contributed by atoms with Gasteiger partial charge in [0.25, 0.3) is 0 Å². The van der Waals surface area contributed by atoms with Gasteiger partial charge in [0.2, 0.25) is 0 Å². The van der Waals surface area contributed by atoms with Crippen LogP contribution in [-0.4, -0.2) is 30.3 Å². The van der Waals surface area contributed by atoms with Crippen molar-refractivity contribution in [3.05, 3.63) is 65.6 Å². The molecule has 7 heteroatoms. The van der Waals surface area contributed by atoms with Crippen molar-refractivity contribution in [2.24, 2.45) is 0 Å². The second kappa shape index (κ2) is 5.76. The Hall–Kier alpha value is -2.67. The summed E-state index contributed by atoms with van der Waals surface area (Å²) in [4.78, 5) is 11.6. The van der Waals surface area contributed by atoms with Crippen molar-refractivity contribution in [2.75, 3.05) is 6.26 Å². The Morgan fingerprint density at radius 3 is 2.38 bits per heavy atom. The largest absolute Gasteiger partial charge is 0.477 e. The van der Waals surface area contributed by atoms with Gasteiger partial charge in [-0.3, -0.25) is 0 Å². The van der Waals surface area contributed by atoms with Gasteiger partial charge in [0.15, 0.2) is 9.84 Å². The molecule has 3 rings (SSSR count). The van der Waals surface area contributed by atoms with Crippen molar-refractivity contribution in [1.29, 1.82) is 0 Å². The standard InChI is InChI=1S/C17H14FNO4S/c1-24(22,23)14-6-7-15-12(8-14)9-16(17(20)21)19(15)10-11-2-4-13(18)5-3-11/h2-9H,10H2,1H3,(H,20,21). The first-order chi connectivity index (χ1) is 11.3. The number of hydrogen-bond acceptors (Lipinski definition) is 3. The van der Waals surface area contributed by atoms with Crippen molar-refractivity contribution in [3.8, 4) is 0 Å². The van der Waals surface area contributed by atoms with E-state index in [1.165, 1.54) is 30.3 Å². The number of halogens is 1. The van der Waals surface area contributed by atoms with Gasteiger partial charge in [-0.15, -0.1) is 0 Å². The quantitative estimate of drug-likeness (QED) is 0.787. The zero-order chi connectivity index (χ0) is 17.5. The number of carboxylic acids is 1. The lowest BCUT2D eigenvalue weighted by molar-refractivity contribution is 0.0686. The maximum absolute atomic E-state index is 13.0. The maximum Gasteiger partial charge on any atom is 0.352 e. The van der Waals surface area contributed by atoms with Gasteiger partial charge in [0.1, 0.15) is 11.5 Å². The molecule has 1 heterocycles. The lowest BCUT2D eigenvalue weighted by Gasteiger charge is -2.09. The molecule has 0 unspecified atom stereocenters. The van der Waals surface area contributed by atoms with E-state index in [0.717, 1.165) is 11.8 Å². The summed E-state index contributed by atoms with van der Waals surface area (Å²) in [6.45, 7) is 0.240. The third-order valence-electron chi connectivity index (χ3n) is 3.77. The Balaban J connectivity index is 2.16. The molecule has 124 valence electrons. The molecule has 1 aromatic heterocycles. The number of aromatic nitrogens is 1. The SMILES string of the molecule is CS(=O)(=O)c1ccc2c(c1)cc(C(=O)O)n2Cc1ccc(F)cc1. The fourth-order valence-electron chi connectivity index (χ4n) is 2.60. The summed E-state index contributed by atoms with van der Waals surface area (Å²) in [5, 5.41) is 9.94. The van der Waals surface area contributed by atoms with Crippen LogP contribution < -0.4 is 0 Å². The molecule has 0 amide bonds. The third kappa shape index (κ3) is 3.03. The Bertz CT molecular complexity index is 1040. The summed E-state index contributed by atoms with van der Waals surface area (Å²) < 4.78 is 37.9. The number of fused-ring (bicyclic) bond motifs is 1. The first-order valence-electron chi connectivity index (χ1n) is 7.07. The highest BCUT2D eigenvalue weighted by Crippen LogP contribution is 2.25. The normalized spacial score (nSPS) is 11.8. The van der Waals surface area contributed by atoms with E-state index >= 15 is 0 Å². The molecule has 0 aliphatic rings. The van der Waals surface area contributed by atoms with E-state index in [1.807, 2.05) is 0 Å². The fourth-order valence-corrected chi connectivity index (χ4v) is 3.26. The predicted octanol–water partition coefficient (Wildman–Crippen LogP) is 2.93. The van der Waals surface area contributed by atoms with Gasteiger partial charge in [-0.2, -0.15) is 0 Å². The smallest absolute Gasteiger partial charge is 0.352 e.